The van der Waals surface area contributed by atoms with Gasteiger partial charge in [0.1, 0.15) is 5.60 Å². The number of nitrogens with zero attached hydrogens (tertiary/aromatic N) is 2. The normalized spacial score (nSPS) is 25.7. The van der Waals surface area contributed by atoms with Gasteiger partial charge in [-0.25, -0.2) is 4.79 Å². The summed E-state index contributed by atoms with van der Waals surface area (Å²) in [6.45, 7) is 5.70. The Kier molecular flexibility index (Phi) is 4.37. The molecule has 0 saturated carbocycles. The summed E-state index contributed by atoms with van der Waals surface area (Å²) in [5.74, 6) is 0. The molecule has 2 atom stereocenters. The predicted octanol–water partition coefficient (Wildman–Crippen LogP) is 3.78. The fourth-order valence-corrected chi connectivity index (χ4v) is 3.12. The fourth-order valence-electron chi connectivity index (χ4n) is 3.12. The molecule has 0 aromatic heterocycles. The van der Waals surface area contributed by atoms with Crippen LogP contribution in [0, 0.1) is 11.3 Å². The highest BCUT2D eigenvalue weighted by Gasteiger charge is 2.38. The molecule has 2 rings (SSSR count). The third kappa shape index (κ3) is 3.53. The van der Waals surface area contributed by atoms with Crippen LogP contribution in [0.4, 0.5) is 4.79 Å². The van der Waals surface area contributed by atoms with Crippen molar-refractivity contribution >= 4 is 6.09 Å². The summed E-state index contributed by atoms with van der Waals surface area (Å²) in [7, 11) is 0. The lowest BCUT2D eigenvalue weighted by atomic mass is 9.84. The summed E-state index contributed by atoms with van der Waals surface area (Å²) in [4.78, 5) is 14.3. The van der Waals surface area contributed by atoms with Crippen LogP contribution in [0.25, 0.3) is 0 Å². The monoisotopic (exact) mass is 276 g/mol. The Balaban J connectivity index is 2.10. The third-order valence-corrected chi connectivity index (χ3v) is 3.88. The minimum Gasteiger partial charge on any atom is -0.444 e. The van der Waals surface area contributed by atoms with Crippen LogP contribution in [0.15, 0.2) is 11.6 Å². The molecule has 0 radical (unpaired) electrons. The Morgan fingerprint density at radius 1 is 1.50 bits per heavy atom. The number of amides is 1. The SMILES string of the molecule is CC(C)(C)OC(=O)N1C2C=C(CCC#N)CC1CCC2. The zero-order chi connectivity index (χ0) is 14.8. The molecule has 4 nitrogen and oxygen atoms in total. The largest absolute Gasteiger partial charge is 0.444 e. The molecule has 1 saturated heterocycles. The molecule has 20 heavy (non-hydrogen) atoms. The molecular formula is C16H24N2O2. The first-order valence-electron chi connectivity index (χ1n) is 7.48. The van der Waals surface area contributed by atoms with Crippen LogP contribution in [-0.4, -0.2) is 28.7 Å². The van der Waals surface area contributed by atoms with E-state index in [1.54, 1.807) is 0 Å². The Morgan fingerprint density at radius 3 is 2.85 bits per heavy atom. The molecule has 1 fully saturated rings. The molecule has 0 aromatic carbocycles. The average Bonchev–Trinajstić information content (AvgIpc) is 2.32. The van der Waals surface area contributed by atoms with Crippen LogP contribution >= 0.6 is 0 Å². The van der Waals surface area contributed by atoms with Crippen molar-refractivity contribution in [3.8, 4) is 6.07 Å². The zero-order valence-electron chi connectivity index (χ0n) is 12.7. The molecule has 2 bridgehead atoms. The van der Waals surface area contributed by atoms with Gasteiger partial charge in [-0.1, -0.05) is 11.6 Å². The van der Waals surface area contributed by atoms with Crippen LogP contribution in [0.1, 0.15) is 59.3 Å². The molecule has 0 aromatic rings. The van der Waals surface area contributed by atoms with Crippen LogP contribution in [-0.2, 0) is 4.74 Å². The number of hydrogen-bond acceptors (Lipinski definition) is 3. The first-order valence-corrected chi connectivity index (χ1v) is 7.48. The van der Waals surface area contributed by atoms with E-state index in [1.165, 1.54) is 5.57 Å². The summed E-state index contributed by atoms with van der Waals surface area (Å²) in [6, 6.07) is 2.61. The van der Waals surface area contributed by atoms with Gasteiger partial charge in [0.25, 0.3) is 0 Å². The maximum atomic E-state index is 12.4. The predicted molar refractivity (Wildman–Crippen MR) is 77.0 cm³/mol. The van der Waals surface area contributed by atoms with Crippen molar-refractivity contribution in [3.63, 3.8) is 0 Å². The number of carbonyl (C=O) groups excluding carboxylic acids is 1. The molecule has 0 spiro atoms. The van der Waals surface area contributed by atoms with E-state index in [4.69, 9.17) is 10.00 Å². The van der Waals surface area contributed by atoms with E-state index >= 15 is 0 Å². The summed E-state index contributed by atoms with van der Waals surface area (Å²) in [5.41, 5.74) is 0.886. The number of ether oxygens (including phenoxy) is 1. The molecule has 0 N–H and O–H groups in total. The van der Waals surface area contributed by atoms with Crippen LogP contribution in [0.2, 0.25) is 0 Å². The lowest BCUT2D eigenvalue weighted by Gasteiger charge is -2.45. The molecule has 4 heteroatoms. The van der Waals surface area contributed by atoms with Gasteiger partial charge in [-0.3, -0.25) is 4.90 Å². The van der Waals surface area contributed by atoms with Crippen molar-refractivity contribution in [2.45, 2.75) is 77.0 Å². The average molecular weight is 276 g/mol. The summed E-state index contributed by atoms with van der Waals surface area (Å²) in [5, 5.41) is 8.71. The highest BCUT2D eigenvalue weighted by atomic mass is 16.6. The highest BCUT2D eigenvalue weighted by Crippen LogP contribution is 2.35. The second-order valence-corrected chi connectivity index (χ2v) is 6.73. The van der Waals surface area contributed by atoms with E-state index in [2.05, 4.69) is 12.1 Å². The van der Waals surface area contributed by atoms with Crippen LogP contribution < -0.4 is 0 Å². The first-order chi connectivity index (χ1) is 9.40. The van der Waals surface area contributed by atoms with Gasteiger partial charge in [0.15, 0.2) is 0 Å². The smallest absolute Gasteiger partial charge is 0.411 e. The van der Waals surface area contributed by atoms with E-state index in [-0.39, 0.29) is 18.2 Å². The molecule has 0 aliphatic carbocycles. The van der Waals surface area contributed by atoms with Gasteiger partial charge in [-0.2, -0.15) is 5.26 Å². The number of piperidine rings is 1. The Hall–Kier alpha value is -1.50. The van der Waals surface area contributed by atoms with E-state index in [9.17, 15) is 4.79 Å². The number of hydrogen-bond donors (Lipinski definition) is 0. The Bertz CT molecular complexity index is 442. The minimum atomic E-state index is -0.448. The molecule has 110 valence electrons. The van der Waals surface area contributed by atoms with Crippen LogP contribution in [0.5, 0.6) is 0 Å². The van der Waals surface area contributed by atoms with Gasteiger partial charge >= 0.3 is 6.09 Å². The third-order valence-electron chi connectivity index (χ3n) is 3.88. The van der Waals surface area contributed by atoms with Crippen molar-refractivity contribution < 1.29 is 9.53 Å². The molecular weight excluding hydrogens is 252 g/mol. The van der Waals surface area contributed by atoms with E-state index < -0.39 is 5.60 Å². The Morgan fingerprint density at radius 2 is 2.25 bits per heavy atom. The van der Waals surface area contributed by atoms with Crippen molar-refractivity contribution in [3.05, 3.63) is 11.6 Å². The second kappa shape index (κ2) is 5.87. The molecule has 2 aliphatic heterocycles. The molecule has 1 amide bonds. The van der Waals surface area contributed by atoms with E-state index in [0.717, 1.165) is 32.1 Å². The lowest BCUT2D eigenvalue weighted by Crippen LogP contribution is -2.53. The summed E-state index contributed by atoms with van der Waals surface area (Å²) >= 11 is 0. The lowest BCUT2D eigenvalue weighted by molar-refractivity contribution is -0.00156. The van der Waals surface area contributed by atoms with Gasteiger partial charge in [0.05, 0.1) is 12.1 Å². The minimum absolute atomic E-state index is 0.158. The van der Waals surface area contributed by atoms with Crippen molar-refractivity contribution in [1.29, 1.82) is 5.26 Å². The van der Waals surface area contributed by atoms with Crippen molar-refractivity contribution in [1.82, 2.24) is 4.90 Å². The van der Waals surface area contributed by atoms with Gasteiger partial charge < -0.3 is 4.74 Å². The number of nitriles is 1. The maximum absolute atomic E-state index is 12.4. The van der Waals surface area contributed by atoms with Gasteiger partial charge in [0.2, 0.25) is 0 Å². The van der Waals surface area contributed by atoms with Crippen molar-refractivity contribution in [2.75, 3.05) is 0 Å². The molecule has 2 heterocycles. The topological polar surface area (TPSA) is 53.3 Å². The molecule has 2 unspecified atom stereocenters. The van der Waals surface area contributed by atoms with Gasteiger partial charge in [-0.05, 0) is 52.9 Å². The number of rotatable bonds is 2. The standard InChI is InChI=1S/C16H24N2O2/c1-16(2,3)20-15(19)18-13-7-4-8-14(18)11-12(10-13)6-5-9-17/h10,13-14H,4-8,11H2,1-3H3. The summed E-state index contributed by atoms with van der Waals surface area (Å²) < 4.78 is 5.54. The van der Waals surface area contributed by atoms with Gasteiger partial charge in [0, 0.05) is 12.5 Å². The van der Waals surface area contributed by atoms with Crippen LogP contribution in [0.3, 0.4) is 0 Å². The number of fused-ring (bicyclic) bond motifs is 2. The van der Waals surface area contributed by atoms with Gasteiger partial charge in [-0.15, -0.1) is 0 Å². The fraction of sp³-hybridized carbons (Fsp3) is 0.750. The molecule has 2 aliphatic rings. The van der Waals surface area contributed by atoms with E-state index in [1.807, 2.05) is 25.7 Å². The first kappa shape index (κ1) is 14.9. The zero-order valence-corrected chi connectivity index (χ0v) is 12.7. The Labute approximate surface area is 121 Å². The number of carbonyl (C=O) groups is 1. The maximum Gasteiger partial charge on any atom is 0.411 e. The summed E-state index contributed by atoms with van der Waals surface area (Å²) in [6.07, 6.45) is 7.52. The van der Waals surface area contributed by atoms with E-state index in [0.29, 0.717) is 6.42 Å². The van der Waals surface area contributed by atoms with Crippen molar-refractivity contribution in [2.24, 2.45) is 0 Å². The highest BCUT2D eigenvalue weighted by molar-refractivity contribution is 5.70. The second-order valence-electron chi connectivity index (χ2n) is 6.73. The quantitative estimate of drug-likeness (QED) is 0.721.